The van der Waals surface area contributed by atoms with Gasteiger partial charge in [0.25, 0.3) is 0 Å². The van der Waals surface area contributed by atoms with E-state index in [1.807, 2.05) is 30.3 Å². The molecule has 2 N–H and O–H groups in total. The summed E-state index contributed by atoms with van der Waals surface area (Å²) in [5.41, 5.74) is 1.79. The maximum absolute atomic E-state index is 10.5. The highest BCUT2D eigenvalue weighted by atomic mass is 32.2. The van der Waals surface area contributed by atoms with Crippen molar-refractivity contribution in [1.29, 1.82) is 0 Å². The van der Waals surface area contributed by atoms with Crippen LogP contribution in [-0.4, -0.2) is 28.0 Å². The lowest BCUT2D eigenvalue weighted by Gasteiger charge is -2.03. The second kappa shape index (κ2) is 5.38. The van der Waals surface area contributed by atoms with E-state index in [1.165, 1.54) is 0 Å². The third-order valence-electron chi connectivity index (χ3n) is 2.63. The van der Waals surface area contributed by atoms with Gasteiger partial charge in [-0.1, -0.05) is 24.3 Å². The number of aliphatic hydroxyl groups excluding tert-OH is 1. The number of thioether (sulfide) groups is 1. The van der Waals surface area contributed by atoms with Gasteiger partial charge >= 0.3 is 5.97 Å². The average Bonchev–Trinajstić information content (AvgIpc) is 2.67. The van der Waals surface area contributed by atoms with Gasteiger partial charge in [-0.05, 0) is 23.6 Å². The Kier molecular flexibility index (Phi) is 3.86. The Morgan fingerprint density at radius 2 is 2.12 bits per heavy atom. The molecule has 1 atom stereocenters. The Hall–Kier alpha value is -1.26. The molecule has 4 heteroatoms. The molecule has 1 heterocycles. The molecule has 90 valence electrons. The summed E-state index contributed by atoms with van der Waals surface area (Å²) >= 11 is 1.68. The van der Waals surface area contributed by atoms with Crippen LogP contribution in [0.15, 0.2) is 29.2 Å². The Bertz CT molecular complexity index is 436. The highest BCUT2D eigenvalue weighted by Crippen LogP contribution is 2.32. The quantitative estimate of drug-likeness (QED) is 0.863. The molecule has 1 aromatic carbocycles. The van der Waals surface area contributed by atoms with Gasteiger partial charge in [-0.3, -0.25) is 4.79 Å². The van der Waals surface area contributed by atoms with Crippen LogP contribution in [0.2, 0.25) is 0 Å². The van der Waals surface area contributed by atoms with Gasteiger partial charge in [-0.25, -0.2) is 0 Å². The molecule has 1 saturated heterocycles. The minimum atomic E-state index is -0.821. The normalized spacial score (nSPS) is 21.9. The number of rotatable bonds is 3. The zero-order chi connectivity index (χ0) is 12.3. The number of hydrogen-bond donors (Lipinski definition) is 2. The first kappa shape index (κ1) is 12.2. The molecule has 0 radical (unpaired) electrons. The van der Waals surface area contributed by atoms with E-state index in [0.717, 1.165) is 28.2 Å². The van der Waals surface area contributed by atoms with Crippen LogP contribution in [0.25, 0.3) is 6.08 Å². The zero-order valence-corrected chi connectivity index (χ0v) is 10.1. The number of benzene rings is 1. The molecule has 0 saturated carbocycles. The lowest BCUT2D eigenvalue weighted by atomic mass is 10.1. The molecule has 2 rings (SSSR count). The summed E-state index contributed by atoms with van der Waals surface area (Å²) in [4.78, 5) is 11.5. The van der Waals surface area contributed by atoms with Crippen LogP contribution in [0.4, 0.5) is 0 Å². The van der Waals surface area contributed by atoms with Crippen molar-refractivity contribution in [2.24, 2.45) is 0 Å². The van der Waals surface area contributed by atoms with E-state index in [1.54, 1.807) is 11.8 Å². The number of carbonyl (C=O) groups is 1. The van der Waals surface area contributed by atoms with Gasteiger partial charge in [0.1, 0.15) is 0 Å². The third-order valence-corrected chi connectivity index (χ3v) is 3.80. The SMILES string of the molecule is O=C(O)Cc1ccc(/C=C2/SCCC2O)cc1. The molecule has 0 aliphatic carbocycles. The number of carboxylic acids is 1. The third kappa shape index (κ3) is 3.35. The van der Waals surface area contributed by atoms with E-state index in [2.05, 4.69) is 0 Å². The number of aliphatic carboxylic acids is 1. The minimum absolute atomic E-state index is 0.0498. The van der Waals surface area contributed by atoms with E-state index in [0.29, 0.717) is 0 Å². The van der Waals surface area contributed by atoms with Crippen molar-refractivity contribution in [2.45, 2.75) is 18.9 Å². The standard InChI is InChI=1S/C13H14O3S/c14-11-5-6-17-12(11)7-9-1-3-10(4-2-9)8-13(15)16/h1-4,7,11,14H,5-6,8H2,(H,15,16)/b12-7+. The Morgan fingerprint density at radius 1 is 1.41 bits per heavy atom. The summed E-state index contributed by atoms with van der Waals surface area (Å²) < 4.78 is 0. The van der Waals surface area contributed by atoms with E-state index >= 15 is 0 Å². The van der Waals surface area contributed by atoms with E-state index in [4.69, 9.17) is 5.11 Å². The van der Waals surface area contributed by atoms with Gasteiger partial charge in [-0.15, -0.1) is 11.8 Å². The molecule has 1 aliphatic rings. The Labute approximate surface area is 104 Å². The molecule has 0 amide bonds. The van der Waals surface area contributed by atoms with Gasteiger partial charge in [0, 0.05) is 10.7 Å². The summed E-state index contributed by atoms with van der Waals surface area (Å²) in [6.45, 7) is 0. The molecule has 1 aromatic rings. The second-order valence-electron chi connectivity index (χ2n) is 4.01. The first-order chi connectivity index (χ1) is 8.15. The second-order valence-corrected chi connectivity index (χ2v) is 5.18. The first-order valence-corrected chi connectivity index (χ1v) is 6.47. The lowest BCUT2D eigenvalue weighted by Crippen LogP contribution is -2.01. The van der Waals surface area contributed by atoms with Crippen molar-refractivity contribution >= 4 is 23.8 Å². The summed E-state index contributed by atoms with van der Waals surface area (Å²) in [5.74, 6) is 0.141. The molecule has 0 aromatic heterocycles. The number of carboxylic acid groups (broad SMARTS) is 1. The molecular formula is C13H14O3S. The molecule has 3 nitrogen and oxygen atoms in total. The van der Waals surface area contributed by atoms with E-state index in [9.17, 15) is 9.90 Å². The number of aliphatic hydroxyl groups is 1. The maximum Gasteiger partial charge on any atom is 0.307 e. The molecule has 0 bridgehead atoms. The summed E-state index contributed by atoms with van der Waals surface area (Å²) in [6.07, 6.45) is 2.49. The van der Waals surface area contributed by atoms with E-state index in [-0.39, 0.29) is 12.5 Å². The molecule has 1 aliphatic heterocycles. The van der Waals surface area contributed by atoms with Crippen LogP contribution in [0, 0.1) is 0 Å². The summed E-state index contributed by atoms with van der Waals surface area (Å²) in [7, 11) is 0. The highest BCUT2D eigenvalue weighted by molar-refractivity contribution is 8.03. The largest absolute Gasteiger partial charge is 0.481 e. The summed E-state index contributed by atoms with van der Waals surface area (Å²) in [5, 5.41) is 18.3. The highest BCUT2D eigenvalue weighted by Gasteiger charge is 2.18. The Balaban J connectivity index is 2.10. The van der Waals surface area contributed by atoms with Crippen molar-refractivity contribution in [3.05, 3.63) is 40.3 Å². The van der Waals surface area contributed by atoms with Gasteiger partial charge in [0.2, 0.25) is 0 Å². The van der Waals surface area contributed by atoms with Crippen molar-refractivity contribution in [3.8, 4) is 0 Å². The molecule has 1 fully saturated rings. The van der Waals surface area contributed by atoms with Gasteiger partial charge in [0.05, 0.1) is 12.5 Å². The van der Waals surface area contributed by atoms with Crippen molar-refractivity contribution in [3.63, 3.8) is 0 Å². The molecule has 17 heavy (non-hydrogen) atoms. The van der Waals surface area contributed by atoms with Crippen LogP contribution in [0.5, 0.6) is 0 Å². The lowest BCUT2D eigenvalue weighted by molar-refractivity contribution is -0.136. The van der Waals surface area contributed by atoms with Crippen molar-refractivity contribution in [2.75, 3.05) is 5.75 Å². The van der Waals surface area contributed by atoms with Gasteiger partial charge < -0.3 is 10.2 Å². The van der Waals surface area contributed by atoms with Gasteiger partial charge in [0.15, 0.2) is 0 Å². The van der Waals surface area contributed by atoms with Crippen LogP contribution in [-0.2, 0) is 11.2 Å². The fraction of sp³-hybridized carbons (Fsp3) is 0.308. The topological polar surface area (TPSA) is 57.5 Å². The summed E-state index contributed by atoms with van der Waals surface area (Å²) in [6, 6.07) is 7.40. The first-order valence-electron chi connectivity index (χ1n) is 5.48. The van der Waals surface area contributed by atoms with Crippen LogP contribution in [0.1, 0.15) is 17.5 Å². The van der Waals surface area contributed by atoms with E-state index < -0.39 is 5.97 Å². The molecular weight excluding hydrogens is 236 g/mol. The van der Waals surface area contributed by atoms with Crippen LogP contribution < -0.4 is 0 Å². The smallest absolute Gasteiger partial charge is 0.307 e. The Morgan fingerprint density at radius 3 is 2.65 bits per heavy atom. The predicted molar refractivity (Wildman–Crippen MR) is 68.8 cm³/mol. The predicted octanol–water partition coefficient (Wildman–Crippen LogP) is 2.15. The monoisotopic (exact) mass is 250 g/mol. The zero-order valence-electron chi connectivity index (χ0n) is 9.30. The van der Waals surface area contributed by atoms with Crippen LogP contribution in [0.3, 0.4) is 0 Å². The minimum Gasteiger partial charge on any atom is -0.481 e. The molecule has 1 unspecified atom stereocenters. The van der Waals surface area contributed by atoms with Gasteiger partial charge in [-0.2, -0.15) is 0 Å². The van der Waals surface area contributed by atoms with Crippen molar-refractivity contribution < 1.29 is 15.0 Å². The fourth-order valence-electron chi connectivity index (χ4n) is 1.74. The van der Waals surface area contributed by atoms with Crippen molar-refractivity contribution in [1.82, 2.24) is 0 Å². The average molecular weight is 250 g/mol. The fourth-order valence-corrected chi connectivity index (χ4v) is 2.84. The maximum atomic E-state index is 10.5. The number of hydrogen-bond acceptors (Lipinski definition) is 3. The molecule has 0 spiro atoms. The van der Waals surface area contributed by atoms with Crippen LogP contribution >= 0.6 is 11.8 Å².